The highest BCUT2D eigenvalue weighted by Crippen LogP contribution is 2.43. The summed E-state index contributed by atoms with van der Waals surface area (Å²) in [5.41, 5.74) is 0.0891. The van der Waals surface area contributed by atoms with Crippen LogP contribution >= 0.6 is 0 Å². The van der Waals surface area contributed by atoms with Crippen LogP contribution in [-0.4, -0.2) is 21.7 Å². The molecular weight excluding hydrogens is 491 g/mol. The third-order valence-electron chi connectivity index (χ3n) is 6.03. The molecule has 1 amide bonds. The number of hydrogen-bond donors (Lipinski definition) is 1. The Bertz CT molecular complexity index is 1580. The van der Waals surface area contributed by atoms with Crippen molar-refractivity contribution in [2.24, 2.45) is 0 Å². The normalized spacial score (nSPS) is 16.4. The number of carbonyl (C=O) groups is 2. The highest BCUT2D eigenvalue weighted by Gasteiger charge is 2.47. The van der Waals surface area contributed by atoms with Gasteiger partial charge in [-0.3, -0.25) is 24.6 Å². The largest absolute Gasteiger partial charge is 0.507 e. The Balaban J connectivity index is 1.68. The summed E-state index contributed by atoms with van der Waals surface area (Å²) in [4.78, 5) is 38.4. The molecule has 8 nitrogen and oxygen atoms in total. The molecule has 1 aliphatic rings. The lowest BCUT2D eigenvalue weighted by Gasteiger charge is -2.25. The lowest BCUT2D eigenvalue weighted by atomic mass is 9.95. The molecule has 5 rings (SSSR count). The Kier molecular flexibility index (Phi) is 6.40. The van der Waals surface area contributed by atoms with Crippen molar-refractivity contribution in [3.8, 4) is 11.5 Å². The number of Topliss-reactive ketones (excluding diaryl/α,β-unsaturated/α-hetero) is 1. The molecule has 1 unspecified atom stereocenters. The lowest BCUT2D eigenvalue weighted by molar-refractivity contribution is -0.384. The first-order valence-electron chi connectivity index (χ1n) is 11.5. The molecule has 0 bridgehead atoms. The number of ketones is 1. The Morgan fingerprint density at radius 1 is 0.868 bits per heavy atom. The minimum Gasteiger partial charge on any atom is -0.507 e. The summed E-state index contributed by atoms with van der Waals surface area (Å²) in [6, 6.07) is 24.7. The van der Waals surface area contributed by atoms with Gasteiger partial charge in [-0.1, -0.05) is 42.5 Å². The highest BCUT2D eigenvalue weighted by molar-refractivity contribution is 6.51. The summed E-state index contributed by atoms with van der Waals surface area (Å²) in [5.74, 6) is -2.06. The molecule has 1 N–H and O–H groups in total. The molecule has 1 atom stereocenters. The van der Waals surface area contributed by atoms with Crippen molar-refractivity contribution in [2.45, 2.75) is 6.04 Å². The maximum Gasteiger partial charge on any atom is 0.300 e. The number of ether oxygens (including phenoxy) is 1. The maximum atomic E-state index is 13.7. The lowest BCUT2D eigenvalue weighted by Crippen LogP contribution is -2.29. The fraction of sp³-hybridized carbons (Fsp3) is 0.0345. The van der Waals surface area contributed by atoms with E-state index in [-0.39, 0.29) is 22.5 Å². The van der Waals surface area contributed by atoms with Gasteiger partial charge in [0.2, 0.25) is 0 Å². The summed E-state index contributed by atoms with van der Waals surface area (Å²) < 4.78 is 19.6. The number of halogens is 1. The number of nitro groups is 1. The molecule has 4 aromatic carbocycles. The molecule has 0 spiro atoms. The predicted octanol–water partition coefficient (Wildman–Crippen LogP) is 6.15. The molecule has 1 aliphatic heterocycles. The standard InChI is InChI=1S/C29H19FN2O6/c30-20-12-14-21(15-13-20)31-26(18-6-5-11-24(17-18)38-23-9-2-1-3-10-23)25(28(34)29(31)35)27(33)19-7-4-8-22(16-19)32(36)37/h1-17,26,33H/b27-25-. The predicted molar refractivity (Wildman–Crippen MR) is 137 cm³/mol. The zero-order chi connectivity index (χ0) is 26.8. The SMILES string of the molecule is O=C1C(=O)N(c2ccc(F)cc2)C(c2cccc(Oc3ccccc3)c2)/C1=C(/O)c1cccc([N+](=O)[O-])c1. The van der Waals surface area contributed by atoms with Crippen LogP contribution in [0.25, 0.3) is 5.76 Å². The second-order valence-electron chi connectivity index (χ2n) is 8.44. The van der Waals surface area contributed by atoms with Gasteiger partial charge in [-0.15, -0.1) is 0 Å². The number of nitrogens with zero attached hydrogens (tertiary/aromatic N) is 2. The number of nitro benzene ring substituents is 1. The number of amides is 1. The van der Waals surface area contributed by atoms with Gasteiger partial charge in [0.05, 0.1) is 16.5 Å². The average molecular weight is 510 g/mol. The number of carbonyl (C=O) groups excluding carboxylic acids is 2. The molecule has 0 saturated carbocycles. The van der Waals surface area contributed by atoms with E-state index in [0.29, 0.717) is 17.1 Å². The third-order valence-corrected chi connectivity index (χ3v) is 6.03. The summed E-state index contributed by atoms with van der Waals surface area (Å²) in [5, 5.41) is 22.5. The monoisotopic (exact) mass is 510 g/mol. The quantitative estimate of drug-likeness (QED) is 0.109. The molecule has 1 fully saturated rings. The molecule has 1 saturated heterocycles. The van der Waals surface area contributed by atoms with Crippen molar-refractivity contribution < 1.29 is 28.7 Å². The van der Waals surface area contributed by atoms with E-state index in [1.165, 1.54) is 30.3 Å². The molecule has 188 valence electrons. The van der Waals surface area contributed by atoms with Crippen LogP contribution in [-0.2, 0) is 9.59 Å². The van der Waals surface area contributed by atoms with Crippen molar-refractivity contribution in [3.05, 3.63) is 136 Å². The van der Waals surface area contributed by atoms with E-state index in [1.54, 1.807) is 36.4 Å². The Morgan fingerprint density at radius 2 is 1.55 bits per heavy atom. The Hall–Kier alpha value is -5.31. The summed E-state index contributed by atoms with van der Waals surface area (Å²) in [6.45, 7) is 0. The van der Waals surface area contributed by atoms with Crippen LogP contribution in [0.15, 0.2) is 109 Å². The molecule has 4 aromatic rings. The molecule has 38 heavy (non-hydrogen) atoms. The van der Waals surface area contributed by atoms with Crippen LogP contribution in [0.5, 0.6) is 11.5 Å². The average Bonchev–Trinajstić information content (AvgIpc) is 3.19. The van der Waals surface area contributed by atoms with E-state index in [2.05, 4.69) is 0 Å². The zero-order valence-corrected chi connectivity index (χ0v) is 19.7. The van der Waals surface area contributed by atoms with Gasteiger partial charge in [0.1, 0.15) is 23.1 Å². The number of rotatable bonds is 6. The number of aliphatic hydroxyl groups excluding tert-OH is 1. The van der Waals surface area contributed by atoms with Gasteiger partial charge in [-0.05, 0) is 54.1 Å². The second-order valence-corrected chi connectivity index (χ2v) is 8.44. The number of aliphatic hydroxyl groups is 1. The molecular formula is C29H19FN2O6. The van der Waals surface area contributed by atoms with E-state index >= 15 is 0 Å². The molecule has 0 aliphatic carbocycles. The zero-order valence-electron chi connectivity index (χ0n) is 19.7. The van der Waals surface area contributed by atoms with Crippen LogP contribution in [0.1, 0.15) is 17.2 Å². The number of para-hydroxylation sites is 1. The van der Waals surface area contributed by atoms with Crippen molar-refractivity contribution in [3.63, 3.8) is 0 Å². The molecule has 9 heteroatoms. The van der Waals surface area contributed by atoms with Gasteiger partial charge in [0.15, 0.2) is 0 Å². The molecule has 0 aromatic heterocycles. The first kappa shape index (κ1) is 24.4. The van der Waals surface area contributed by atoms with Gasteiger partial charge >= 0.3 is 0 Å². The Morgan fingerprint density at radius 3 is 2.26 bits per heavy atom. The van der Waals surface area contributed by atoms with Gasteiger partial charge in [-0.25, -0.2) is 4.39 Å². The smallest absolute Gasteiger partial charge is 0.300 e. The van der Waals surface area contributed by atoms with Crippen molar-refractivity contribution in [2.75, 3.05) is 4.90 Å². The maximum absolute atomic E-state index is 13.7. The molecule has 0 radical (unpaired) electrons. The number of non-ortho nitro benzene ring substituents is 1. The van der Waals surface area contributed by atoms with E-state index in [0.717, 1.165) is 23.1 Å². The summed E-state index contributed by atoms with van der Waals surface area (Å²) >= 11 is 0. The van der Waals surface area contributed by atoms with Gasteiger partial charge < -0.3 is 9.84 Å². The molecule has 1 heterocycles. The van der Waals surface area contributed by atoms with Crippen molar-refractivity contribution in [1.29, 1.82) is 0 Å². The van der Waals surface area contributed by atoms with Crippen LogP contribution in [0, 0.1) is 15.9 Å². The number of benzene rings is 4. The van der Waals surface area contributed by atoms with E-state index in [1.807, 2.05) is 18.2 Å². The topological polar surface area (TPSA) is 110 Å². The van der Waals surface area contributed by atoms with Crippen LogP contribution < -0.4 is 9.64 Å². The van der Waals surface area contributed by atoms with Gasteiger partial charge in [-0.2, -0.15) is 0 Å². The fourth-order valence-corrected chi connectivity index (χ4v) is 4.31. The van der Waals surface area contributed by atoms with E-state index in [9.17, 15) is 29.2 Å². The first-order valence-corrected chi connectivity index (χ1v) is 11.5. The Labute approximate surface area is 216 Å². The minimum absolute atomic E-state index is 0.00186. The van der Waals surface area contributed by atoms with E-state index in [4.69, 9.17) is 4.74 Å². The summed E-state index contributed by atoms with van der Waals surface area (Å²) in [7, 11) is 0. The van der Waals surface area contributed by atoms with Crippen LogP contribution in [0.4, 0.5) is 15.8 Å². The van der Waals surface area contributed by atoms with Gasteiger partial charge in [0.25, 0.3) is 17.4 Å². The first-order chi connectivity index (χ1) is 18.3. The minimum atomic E-state index is -1.13. The van der Waals surface area contributed by atoms with Crippen LogP contribution in [0.3, 0.4) is 0 Å². The second kappa shape index (κ2) is 9.98. The fourth-order valence-electron chi connectivity index (χ4n) is 4.31. The number of hydrogen-bond acceptors (Lipinski definition) is 6. The van der Waals surface area contributed by atoms with Gasteiger partial charge in [0, 0.05) is 23.4 Å². The third kappa shape index (κ3) is 4.60. The van der Waals surface area contributed by atoms with Crippen molar-refractivity contribution in [1.82, 2.24) is 0 Å². The summed E-state index contributed by atoms with van der Waals surface area (Å²) in [6.07, 6.45) is 0. The van der Waals surface area contributed by atoms with Crippen LogP contribution in [0.2, 0.25) is 0 Å². The number of anilines is 1. The van der Waals surface area contributed by atoms with Crippen molar-refractivity contribution >= 4 is 28.8 Å². The van der Waals surface area contributed by atoms with E-state index < -0.39 is 34.2 Å². The highest BCUT2D eigenvalue weighted by atomic mass is 19.1.